The number of nitrogens with zero attached hydrogens (tertiary/aromatic N) is 5. The van der Waals surface area contributed by atoms with Gasteiger partial charge in [0.2, 0.25) is 0 Å². The molecule has 0 aliphatic carbocycles. The molecule has 4 aromatic carbocycles. The van der Waals surface area contributed by atoms with Gasteiger partial charge >= 0.3 is 0 Å². The lowest BCUT2D eigenvalue weighted by molar-refractivity contribution is 0.878. The molecular weight excluding hydrogens is 406 g/mol. The highest BCUT2D eigenvalue weighted by molar-refractivity contribution is 6.09. The molecule has 0 aliphatic rings. The standard InChI is InChI=1S/C28H19N5/c1-3-11-26-20(7-1)19-32(30-26)22-13-14-25-24-10-2-4-12-27(24)33(28(25)18-22)23-9-5-8-21(17-23)31-16-6-15-29-31/h1-19H. The maximum absolute atomic E-state index is 4.79. The van der Waals surface area contributed by atoms with Crippen molar-refractivity contribution in [2.24, 2.45) is 0 Å². The number of benzene rings is 4. The van der Waals surface area contributed by atoms with E-state index in [1.807, 2.05) is 39.8 Å². The van der Waals surface area contributed by atoms with Crippen molar-refractivity contribution in [3.63, 3.8) is 0 Å². The normalized spacial score (nSPS) is 11.6. The molecule has 0 unspecified atom stereocenters. The first kappa shape index (κ1) is 18.0. The van der Waals surface area contributed by atoms with E-state index in [0.29, 0.717) is 0 Å². The maximum atomic E-state index is 4.79. The molecule has 3 aromatic heterocycles. The largest absolute Gasteiger partial charge is 0.309 e. The first-order valence-electron chi connectivity index (χ1n) is 10.9. The zero-order chi connectivity index (χ0) is 21.8. The van der Waals surface area contributed by atoms with E-state index in [4.69, 9.17) is 5.10 Å². The predicted octanol–water partition coefficient (Wildman–Crippen LogP) is 6.31. The molecule has 5 nitrogen and oxygen atoms in total. The minimum atomic E-state index is 0.991. The van der Waals surface area contributed by atoms with Crippen LogP contribution in [0, 0.1) is 0 Å². The molecule has 0 aliphatic heterocycles. The molecule has 156 valence electrons. The summed E-state index contributed by atoms with van der Waals surface area (Å²) in [4.78, 5) is 0. The Kier molecular flexibility index (Phi) is 3.78. The minimum absolute atomic E-state index is 0.991. The van der Waals surface area contributed by atoms with Gasteiger partial charge in [0.05, 0.1) is 27.9 Å². The van der Waals surface area contributed by atoms with Crippen LogP contribution < -0.4 is 0 Å². The molecular formula is C28H19N5. The van der Waals surface area contributed by atoms with Gasteiger partial charge < -0.3 is 4.57 Å². The minimum Gasteiger partial charge on any atom is -0.309 e. The number of hydrogen-bond donors (Lipinski definition) is 0. The van der Waals surface area contributed by atoms with Crippen LogP contribution in [0.25, 0.3) is 49.8 Å². The SMILES string of the molecule is c1cc(-n2cccn2)cc(-n2c3ccccc3c3ccc(-n4cc5ccccc5n4)cc32)c1. The maximum Gasteiger partial charge on any atom is 0.0927 e. The Balaban J connectivity index is 1.49. The number of fused-ring (bicyclic) bond motifs is 4. The van der Waals surface area contributed by atoms with E-state index in [1.165, 1.54) is 16.3 Å². The van der Waals surface area contributed by atoms with Gasteiger partial charge in [-0.2, -0.15) is 10.2 Å². The van der Waals surface area contributed by atoms with Crippen molar-refractivity contribution in [1.29, 1.82) is 0 Å². The van der Waals surface area contributed by atoms with Crippen LogP contribution in [-0.4, -0.2) is 24.1 Å². The second-order valence-electron chi connectivity index (χ2n) is 8.16. The van der Waals surface area contributed by atoms with Crippen molar-refractivity contribution in [3.05, 3.63) is 116 Å². The predicted molar refractivity (Wildman–Crippen MR) is 133 cm³/mol. The van der Waals surface area contributed by atoms with E-state index in [-0.39, 0.29) is 0 Å². The van der Waals surface area contributed by atoms with Crippen molar-refractivity contribution in [1.82, 2.24) is 24.1 Å². The highest BCUT2D eigenvalue weighted by atomic mass is 15.3. The van der Waals surface area contributed by atoms with Gasteiger partial charge in [0.25, 0.3) is 0 Å². The second-order valence-corrected chi connectivity index (χ2v) is 8.16. The Morgan fingerprint density at radius 3 is 2.30 bits per heavy atom. The van der Waals surface area contributed by atoms with E-state index < -0.39 is 0 Å². The third-order valence-electron chi connectivity index (χ3n) is 6.19. The van der Waals surface area contributed by atoms with Gasteiger partial charge in [0.1, 0.15) is 0 Å². The summed E-state index contributed by atoms with van der Waals surface area (Å²) in [6.07, 6.45) is 5.85. The summed E-state index contributed by atoms with van der Waals surface area (Å²) in [5.74, 6) is 0. The van der Waals surface area contributed by atoms with Crippen molar-refractivity contribution >= 4 is 32.7 Å². The lowest BCUT2D eigenvalue weighted by Gasteiger charge is -2.11. The first-order chi connectivity index (χ1) is 16.3. The van der Waals surface area contributed by atoms with Gasteiger partial charge in [0, 0.05) is 40.4 Å². The molecule has 33 heavy (non-hydrogen) atoms. The average Bonchev–Trinajstić information content (AvgIpc) is 3.61. The Bertz CT molecular complexity index is 1740. The van der Waals surface area contributed by atoms with Crippen LogP contribution in [0.15, 0.2) is 116 Å². The number of aromatic nitrogens is 5. The molecule has 0 bridgehead atoms. The van der Waals surface area contributed by atoms with E-state index in [0.717, 1.165) is 33.5 Å². The monoisotopic (exact) mass is 425 g/mol. The Labute approximate surface area is 189 Å². The first-order valence-corrected chi connectivity index (χ1v) is 10.9. The fourth-order valence-electron chi connectivity index (χ4n) is 4.67. The van der Waals surface area contributed by atoms with E-state index in [2.05, 4.69) is 88.7 Å². The zero-order valence-electron chi connectivity index (χ0n) is 17.7. The summed E-state index contributed by atoms with van der Waals surface area (Å²) in [5.41, 5.74) is 6.46. The van der Waals surface area contributed by atoms with Gasteiger partial charge in [-0.25, -0.2) is 9.36 Å². The quantitative estimate of drug-likeness (QED) is 0.333. The fraction of sp³-hybridized carbons (Fsp3) is 0. The Morgan fingerprint density at radius 2 is 1.39 bits per heavy atom. The van der Waals surface area contributed by atoms with Crippen LogP contribution in [0.1, 0.15) is 0 Å². The van der Waals surface area contributed by atoms with E-state index >= 15 is 0 Å². The molecule has 0 amide bonds. The summed E-state index contributed by atoms with van der Waals surface area (Å²) in [6.45, 7) is 0. The highest BCUT2D eigenvalue weighted by Gasteiger charge is 2.14. The summed E-state index contributed by atoms with van der Waals surface area (Å²) in [7, 11) is 0. The van der Waals surface area contributed by atoms with Crippen molar-refractivity contribution in [2.45, 2.75) is 0 Å². The third kappa shape index (κ3) is 2.79. The lowest BCUT2D eigenvalue weighted by Crippen LogP contribution is -1.99. The number of para-hydroxylation sites is 1. The number of hydrogen-bond acceptors (Lipinski definition) is 2. The molecule has 0 saturated heterocycles. The molecule has 3 heterocycles. The third-order valence-corrected chi connectivity index (χ3v) is 6.19. The van der Waals surface area contributed by atoms with Crippen LogP contribution in [0.3, 0.4) is 0 Å². The molecule has 7 rings (SSSR count). The molecule has 0 atom stereocenters. The topological polar surface area (TPSA) is 40.6 Å². The lowest BCUT2D eigenvalue weighted by atomic mass is 10.1. The van der Waals surface area contributed by atoms with Gasteiger partial charge in [-0.05, 0) is 48.5 Å². The molecule has 7 aromatic rings. The van der Waals surface area contributed by atoms with Crippen LogP contribution in [0.5, 0.6) is 0 Å². The smallest absolute Gasteiger partial charge is 0.0927 e. The number of rotatable bonds is 3. The second kappa shape index (κ2) is 6.93. The molecule has 5 heteroatoms. The summed E-state index contributed by atoms with van der Waals surface area (Å²) in [5, 5.41) is 12.8. The fourth-order valence-corrected chi connectivity index (χ4v) is 4.67. The van der Waals surface area contributed by atoms with Crippen molar-refractivity contribution in [2.75, 3.05) is 0 Å². The van der Waals surface area contributed by atoms with Crippen molar-refractivity contribution in [3.8, 4) is 17.1 Å². The molecule has 0 spiro atoms. The average molecular weight is 425 g/mol. The zero-order valence-corrected chi connectivity index (χ0v) is 17.7. The van der Waals surface area contributed by atoms with Crippen LogP contribution in [0.4, 0.5) is 0 Å². The van der Waals surface area contributed by atoms with Crippen molar-refractivity contribution < 1.29 is 0 Å². The molecule has 0 N–H and O–H groups in total. The van der Waals surface area contributed by atoms with Gasteiger partial charge in [-0.15, -0.1) is 0 Å². The highest BCUT2D eigenvalue weighted by Crippen LogP contribution is 2.33. The Hall–Kier alpha value is -4.64. The van der Waals surface area contributed by atoms with Gasteiger partial charge in [-0.3, -0.25) is 0 Å². The van der Waals surface area contributed by atoms with E-state index in [9.17, 15) is 0 Å². The molecule has 0 radical (unpaired) electrons. The Morgan fingerprint density at radius 1 is 0.576 bits per heavy atom. The summed E-state index contributed by atoms with van der Waals surface area (Å²) in [6, 6.07) is 33.7. The summed E-state index contributed by atoms with van der Waals surface area (Å²) >= 11 is 0. The molecule has 0 fully saturated rings. The van der Waals surface area contributed by atoms with Crippen LogP contribution in [-0.2, 0) is 0 Å². The van der Waals surface area contributed by atoms with E-state index in [1.54, 1.807) is 6.20 Å². The van der Waals surface area contributed by atoms with Crippen LogP contribution in [0.2, 0.25) is 0 Å². The van der Waals surface area contributed by atoms with Gasteiger partial charge in [-0.1, -0.05) is 48.5 Å². The summed E-state index contributed by atoms with van der Waals surface area (Å²) < 4.78 is 6.18. The van der Waals surface area contributed by atoms with Crippen LogP contribution >= 0.6 is 0 Å². The molecule has 0 saturated carbocycles. The van der Waals surface area contributed by atoms with Gasteiger partial charge in [0.15, 0.2) is 0 Å².